The molecular weight excluding hydrogens is 173 g/mol. The van der Waals surface area contributed by atoms with Gasteiger partial charge in [-0.2, -0.15) is 0 Å². The topological polar surface area (TPSA) is 38.3 Å². The standard InChI is InChI=1S/C10H10NO2.Li/c12-10-11-9(7-13-10)6-8-4-2-1-3-5-8;/h1-2,4-5,9H,6-7H2,(H,11,12);/t9-;/m0./s1. The van der Waals surface area contributed by atoms with Crippen molar-refractivity contribution >= 4 is 28.0 Å². The van der Waals surface area contributed by atoms with Gasteiger partial charge in [0.05, 0.1) is 0 Å². The van der Waals surface area contributed by atoms with Crippen LogP contribution in [0.1, 0.15) is 5.56 Å². The summed E-state index contributed by atoms with van der Waals surface area (Å²) in [6.07, 6.45) is 0.538. The van der Waals surface area contributed by atoms with Crippen molar-refractivity contribution in [3.8, 4) is 0 Å². The molecule has 1 aromatic rings. The summed E-state index contributed by atoms with van der Waals surface area (Å²) in [5.74, 6) is 0. The van der Waals surface area contributed by atoms with E-state index in [1.165, 1.54) is 9.80 Å². The van der Waals surface area contributed by atoms with Gasteiger partial charge in [-0.1, -0.05) is 0 Å². The van der Waals surface area contributed by atoms with Crippen LogP contribution in [0.4, 0.5) is 4.79 Å². The molecule has 0 unspecified atom stereocenters. The van der Waals surface area contributed by atoms with Crippen LogP contribution in [0.3, 0.4) is 0 Å². The molecule has 0 radical (unpaired) electrons. The van der Waals surface area contributed by atoms with Crippen LogP contribution in [0.5, 0.6) is 0 Å². The van der Waals surface area contributed by atoms with E-state index in [4.69, 9.17) is 4.74 Å². The van der Waals surface area contributed by atoms with Gasteiger partial charge in [-0.05, 0) is 0 Å². The molecule has 0 bridgehead atoms. The van der Waals surface area contributed by atoms with E-state index in [1.807, 2.05) is 6.07 Å². The Bertz CT molecular complexity index is 354. The Morgan fingerprint density at radius 2 is 2.43 bits per heavy atom. The molecule has 68 valence electrons. The molecule has 2 rings (SSSR count). The Morgan fingerprint density at radius 3 is 3.07 bits per heavy atom. The summed E-state index contributed by atoms with van der Waals surface area (Å²) >= 11 is 2.06. The second-order valence-corrected chi connectivity index (χ2v) is 3.63. The van der Waals surface area contributed by atoms with Crippen molar-refractivity contribution in [2.75, 3.05) is 6.61 Å². The molecule has 1 aliphatic heterocycles. The number of carbonyl (C=O) groups excluding carboxylic acids is 1. The molecule has 4 heteroatoms. The fourth-order valence-electron chi connectivity index (χ4n) is 1.66. The van der Waals surface area contributed by atoms with Crippen molar-refractivity contribution in [2.24, 2.45) is 0 Å². The summed E-state index contributed by atoms with van der Waals surface area (Å²) in [6.45, 7) is 0.479. The molecular formula is C10H10LiNO2. The van der Waals surface area contributed by atoms with Gasteiger partial charge in [0.25, 0.3) is 0 Å². The van der Waals surface area contributed by atoms with Gasteiger partial charge in [-0.25, -0.2) is 0 Å². The molecule has 1 aliphatic rings. The van der Waals surface area contributed by atoms with Crippen LogP contribution in [0.2, 0.25) is 0 Å². The van der Waals surface area contributed by atoms with E-state index in [-0.39, 0.29) is 12.1 Å². The summed E-state index contributed by atoms with van der Waals surface area (Å²) in [4.78, 5) is 10.8. The molecule has 14 heavy (non-hydrogen) atoms. The quantitative estimate of drug-likeness (QED) is 0.662. The van der Waals surface area contributed by atoms with Crippen molar-refractivity contribution in [3.63, 3.8) is 0 Å². The van der Waals surface area contributed by atoms with Gasteiger partial charge in [0.2, 0.25) is 0 Å². The van der Waals surface area contributed by atoms with Gasteiger partial charge in [-0.3, -0.25) is 0 Å². The van der Waals surface area contributed by atoms with Crippen LogP contribution in [-0.4, -0.2) is 36.5 Å². The molecule has 3 nitrogen and oxygen atoms in total. The maximum atomic E-state index is 10.8. The molecule has 1 heterocycles. The first-order chi connectivity index (χ1) is 6.74. The molecule has 1 amide bonds. The van der Waals surface area contributed by atoms with E-state index in [9.17, 15) is 4.79 Å². The summed E-state index contributed by atoms with van der Waals surface area (Å²) in [5, 5.41) is 2.76. The van der Waals surface area contributed by atoms with E-state index >= 15 is 0 Å². The van der Waals surface area contributed by atoms with Crippen molar-refractivity contribution in [1.82, 2.24) is 5.32 Å². The average molecular weight is 183 g/mol. The van der Waals surface area contributed by atoms with Crippen LogP contribution < -0.4 is 9.55 Å². The first-order valence-corrected chi connectivity index (χ1v) is 4.73. The fraction of sp³-hybridized carbons (Fsp3) is 0.300. The predicted molar refractivity (Wildman–Crippen MR) is 53.8 cm³/mol. The zero-order valence-electron chi connectivity index (χ0n) is 8.12. The number of rotatable bonds is 2. The van der Waals surface area contributed by atoms with Crippen molar-refractivity contribution in [2.45, 2.75) is 12.5 Å². The van der Waals surface area contributed by atoms with Gasteiger partial charge < -0.3 is 0 Å². The Morgan fingerprint density at radius 1 is 1.57 bits per heavy atom. The number of benzene rings is 1. The summed E-state index contributed by atoms with van der Waals surface area (Å²) in [5.41, 5.74) is 1.24. The summed E-state index contributed by atoms with van der Waals surface area (Å²) in [7, 11) is 0. The number of hydrogen-bond acceptors (Lipinski definition) is 2. The van der Waals surface area contributed by atoms with Gasteiger partial charge >= 0.3 is 91.8 Å². The SMILES string of the molecule is [Li][c]1cccc(C[C@H]2COC(=O)N2)c1. The molecule has 0 aliphatic carbocycles. The first kappa shape index (κ1) is 9.64. The zero-order chi connectivity index (χ0) is 9.97. The first-order valence-electron chi connectivity index (χ1n) is 4.73. The molecule has 1 N–H and O–H groups in total. The maximum absolute atomic E-state index is 10.8. The predicted octanol–water partition coefficient (Wildman–Crippen LogP) is 0.131. The average Bonchev–Trinajstić information content (AvgIpc) is 2.51. The number of hydrogen-bond donors (Lipinski definition) is 1. The van der Waals surface area contributed by atoms with Crippen molar-refractivity contribution in [1.29, 1.82) is 0 Å². The van der Waals surface area contributed by atoms with Gasteiger partial charge in [-0.15, -0.1) is 0 Å². The molecule has 1 saturated heterocycles. The number of carbonyl (C=O) groups is 1. The molecule has 1 atom stereocenters. The van der Waals surface area contributed by atoms with E-state index < -0.39 is 0 Å². The third-order valence-corrected chi connectivity index (χ3v) is 2.30. The third-order valence-electron chi connectivity index (χ3n) is 2.30. The Balaban J connectivity index is 2.00. The molecule has 0 aromatic heterocycles. The van der Waals surface area contributed by atoms with Crippen molar-refractivity contribution < 1.29 is 9.53 Å². The van der Waals surface area contributed by atoms with E-state index in [0.29, 0.717) is 6.61 Å². The zero-order valence-corrected chi connectivity index (χ0v) is 8.12. The van der Waals surface area contributed by atoms with Gasteiger partial charge in [0.1, 0.15) is 0 Å². The third kappa shape index (κ3) is 2.31. The molecule has 0 saturated carbocycles. The van der Waals surface area contributed by atoms with E-state index in [0.717, 1.165) is 6.42 Å². The summed E-state index contributed by atoms with van der Waals surface area (Å²) in [6, 6.07) is 8.42. The van der Waals surface area contributed by atoms with Crippen LogP contribution in [0.15, 0.2) is 24.3 Å². The number of cyclic esters (lactones) is 1. The number of alkyl carbamates (subject to hydrolysis) is 1. The minimum absolute atomic E-state index is 0.129. The fourth-order valence-corrected chi connectivity index (χ4v) is 1.66. The number of ether oxygens (including phenoxy) is 1. The minimum atomic E-state index is -0.303. The molecule has 0 spiro atoms. The normalized spacial score (nSPS) is 20.4. The van der Waals surface area contributed by atoms with Crippen LogP contribution >= 0.6 is 0 Å². The van der Waals surface area contributed by atoms with E-state index in [2.05, 4.69) is 41.2 Å². The van der Waals surface area contributed by atoms with Crippen LogP contribution in [0.25, 0.3) is 0 Å². The number of amides is 1. The van der Waals surface area contributed by atoms with E-state index in [1.54, 1.807) is 0 Å². The van der Waals surface area contributed by atoms with Crippen LogP contribution in [0, 0.1) is 0 Å². The second-order valence-electron chi connectivity index (χ2n) is 3.63. The summed E-state index contributed by atoms with van der Waals surface area (Å²) < 4.78 is 6.06. The Kier molecular flexibility index (Phi) is 2.81. The Labute approximate surface area is 92.0 Å². The van der Waals surface area contributed by atoms with Crippen LogP contribution in [-0.2, 0) is 11.2 Å². The van der Waals surface area contributed by atoms with Gasteiger partial charge in [0, 0.05) is 0 Å². The number of nitrogens with one attached hydrogen (secondary N) is 1. The molecule has 1 fully saturated rings. The molecule has 1 aromatic carbocycles. The second kappa shape index (κ2) is 4.08. The Hall–Kier alpha value is -0.913. The van der Waals surface area contributed by atoms with Crippen molar-refractivity contribution in [3.05, 3.63) is 29.8 Å². The monoisotopic (exact) mass is 183 g/mol. The van der Waals surface area contributed by atoms with Gasteiger partial charge in [0.15, 0.2) is 0 Å².